The molecule has 0 unspecified atom stereocenters. The summed E-state index contributed by atoms with van der Waals surface area (Å²) in [6.45, 7) is 5.45. The molecule has 0 aliphatic carbocycles. The zero-order chi connectivity index (χ0) is 12.2. The van der Waals surface area contributed by atoms with Crippen LogP contribution >= 0.6 is 0 Å². The van der Waals surface area contributed by atoms with Gasteiger partial charge in [-0.25, -0.2) is 4.79 Å². The Kier molecular flexibility index (Phi) is 3.77. The van der Waals surface area contributed by atoms with Gasteiger partial charge in [0.2, 0.25) is 0 Å². The van der Waals surface area contributed by atoms with Gasteiger partial charge in [-0.15, -0.1) is 0 Å². The van der Waals surface area contributed by atoms with Gasteiger partial charge in [-0.3, -0.25) is 0 Å². The molecule has 1 aromatic rings. The van der Waals surface area contributed by atoms with Crippen molar-refractivity contribution in [3.63, 3.8) is 0 Å². The molecule has 0 aliphatic heterocycles. The van der Waals surface area contributed by atoms with Crippen molar-refractivity contribution >= 4 is 5.97 Å². The van der Waals surface area contributed by atoms with Gasteiger partial charge in [0.25, 0.3) is 0 Å². The van der Waals surface area contributed by atoms with Gasteiger partial charge in [0.15, 0.2) is 5.60 Å². The lowest BCUT2D eigenvalue weighted by Crippen LogP contribution is -2.37. The van der Waals surface area contributed by atoms with Gasteiger partial charge in [0.05, 0.1) is 6.61 Å². The van der Waals surface area contributed by atoms with Gasteiger partial charge in [-0.2, -0.15) is 0 Å². The van der Waals surface area contributed by atoms with Gasteiger partial charge in [-0.05, 0) is 32.9 Å². The van der Waals surface area contributed by atoms with Crippen LogP contribution in [0.5, 0.6) is 11.5 Å². The minimum absolute atomic E-state index is 0.485. The van der Waals surface area contributed by atoms with Crippen LogP contribution in [0.2, 0.25) is 0 Å². The molecule has 0 spiro atoms. The van der Waals surface area contributed by atoms with Gasteiger partial charge in [-0.1, -0.05) is 6.07 Å². The average molecular weight is 224 g/mol. The van der Waals surface area contributed by atoms with Crippen LogP contribution in [-0.2, 0) is 4.79 Å². The van der Waals surface area contributed by atoms with Crippen LogP contribution in [0.4, 0.5) is 0 Å². The molecule has 0 amide bonds. The van der Waals surface area contributed by atoms with E-state index in [0.717, 1.165) is 0 Å². The number of hydrogen-bond acceptors (Lipinski definition) is 3. The molecule has 0 saturated heterocycles. The van der Waals surface area contributed by atoms with Crippen molar-refractivity contribution in [1.82, 2.24) is 0 Å². The largest absolute Gasteiger partial charge is 0.494 e. The van der Waals surface area contributed by atoms with E-state index >= 15 is 0 Å². The maximum absolute atomic E-state index is 10.9. The molecular weight excluding hydrogens is 208 g/mol. The number of benzene rings is 1. The zero-order valence-corrected chi connectivity index (χ0v) is 9.69. The van der Waals surface area contributed by atoms with E-state index in [-0.39, 0.29) is 0 Å². The summed E-state index contributed by atoms with van der Waals surface area (Å²) in [6.07, 6.45) is 0. The highest BCUT2D eigenvalue weighted by molar-refractivity contribution is 5.76. The summed E-state index contributed by atoms with van der Waals surface area (Å²) in [6, 6.07) is 6.93. The number of ether oxygens (including phenoxy) is 2. The Hall–Kier alpha value is -1.71. The first kappa shape index (κ1) is 12.4. The van der Waals surface area contributed by atoms with Crippen molar-refractivity contribution in [1.29, 1.82) is 0 Å². The highest BCUT2D eigenvalue weighted by atomic mass is 16.5. The number of rotatable bonds is 5. The lowest BCUT2D eigenvalue weighted by atomic mass is 10.1. The monoisotopic (exact) mass is 224 g/mol. The van der Waals surface area contributed by atoms with E-state index in [9.17, 15) is 4.79 Å². The van der Waals surface area contributed by atoms with Gasteiger partial charge >= 0.3 is 5.97 Å². The molecule has 1 N–H and O–H groups in total. The maximum Gasteiger partial charge on any atom is 0.347 e. The Morgan fingerprint density at radius 3 is 2.56 bits per heavy atom. The maximum atomic E-state index is 10.9. The second-order valence-corrected chi connectivity index (χ2v) is 3.83. The third kappa shape index (κ3) is 3.15. The van der Waals surface area contributed by atoms with Crippen LogP contribution < -0.4 is 9.47 Å². The molecule has 0 saturated carbocycles. The van der Waals surface area contributed by atoms with Crippen molar-refractivity contribution < 1.29 is 19.4 Å². The van der Waals surface area contributed by atoms with E-state index in [2.05, 4.69) is 0 Å². The highest BCUT2D eigenvalue weighted by Gasteiger charge is 2.29. The molecule has 0 fully saturated rings. The lowest BCUT2D eigenvalue weighted by Gasteiger charge is -2.21. The molecule has 16 heavy (non-hydrogen) atoms. The van der Waals surface area contributed by atoms with Gasteiger partial charge in [0.1, 0.15) is 11.5 Å². The molecule has 88 valence electrons. The second kappa shape index (κ2) is 4.88. The second-order valence-electron chi connectivity index (χ2n) is 3.83. The molecule has 0 heterocycles. The topological polar surface area (TPSA) is 55.8 Å². The number of hydrogen-bond donors (Lipinski definition) is 1. The highest BCUT2D eigenvalue weighted by Crippen LogP contribution is 2.23. The minimum atomic E-state index is -1.25. The van der Waals surface area contributed by atoms with E-state index in [4.69, 9.17) is 14.6 Å². The Morgan fingerprint density at radius 2 is 2.00 bits per heavy atom. The van der Waals surface area contributed by atoms with Crippen molar-refractivity contribution in [3.8, 4) is 11.5 Å². The molecule has 0 atom stereocenters. The van der Waals surface area contributed by atoms with Gasteiger partial charge in [0, 0.05) is 6.07 Å². The number of carboxylic acid groups (broad SMARTS) is 1. The Labute approximate surface area is 94.8 Å². The standard InChI is InChI=1S/C12H16O4/c1-4-15-9-6-5-7-10(8-9)16-12(2,3)11(13)14/h5-8H,4H2,1-3H3,(H,13,14). The molecule has 4 nitrogen and oxygen atoms in total. The average Bonchev–Trinajstić information content (AvgIpc) is 2.17. The van der Waals surface area contributed by atoms with E-state index < -0.39 is 11.6 Å². The van der Waals surface area contributed by atoms with E-state index in [0.29, 0.717) is 18.1 Å². The summed E-state index contributed by atoms with van der Waals surface area (Å²) < 4.78 is 10.7. The summed E-state index contributed by atoms with van der Waals surface area (Å²) >= 11 is 0. The summed E-state index contributed by atoms with van der Waals surface area (Å²) in [5.41, 5.74) is -1.25. The van der Waals surface area contributed by atoms with Crippen LogP contribution in [0, 0.1) is 0 Å². The Balaban J connectivity index is 2.81. The molecule has 0 aliphatic rings. The first-order valence-corrected chi connectivity index (χ1v) is 5.11. The predicted molar refractivity (Wildman–Crippen MR) is 60.0 cm³/mol. The van der Waals surface area contributed by atoms with Crippen molar-refractivity contribution in [2.24, 2.45) is 0 Å². The molecule has 0 bridgehead atoms. The summed E-state index contributed by atoms with van der Waals surface area (Å²) in [5, 5.41) is 8.92. The molecular formula is C12H16O4. The summed E-state index contributed by atoms with van der Waals surface area (Å²) in [4.78, 5) is 10.9. The zero-order valence-electron chi connectivity index (χ0n) is 9.69. The van der Waals surface area contributed by atoms with E-state index in [1.54, 1.807) is 24.3 Å². The van der Waals surface area contributed by atoms with Crippen molar-refractivity contribution in [3.05, 3.63) is 24.3 Å². The first-order chi connectivity index (χ1) is 7.45. The van der Waals surface area contributed by atoms with Crippen LogP contribution in [-0.4, -0.2) is 23.3 Å². The van der Waals surface area contributed by atoms with E-state index in [1.165, 1.54) is 13.8 Å². The fraction of sp³-hybridized carbons (Fsp3) is 0.417. The minimum Gasteiger partial charge on any atom is -0.494 e. The van der Waals surface area contributed by atoms with Crippen LogP contribution in [0.3, 0.4) is 0 Å². The molecule has 0 radical (unpaired) electrons. The van der Waals surface area contributed by atoms with Crippen LogP contribution in [0.25, 0.3) is 0 Å². The fourth-order valence-corrected chi connectivity index (χ4v) is 1.13. The predicted octanol–water partition coefficient (Wildman–Crippen LogP) is 2.33. The van der Waals surface area contributed by atoms with Crippen LogP contribution in [0.15, 0.2) is 24.3 Å². The fourth-order valence-electron chi connectivity index (χ4n) is 1.13. The lowest BCUT2D eigenvalue weighted by molar-refractivity contribution is -0.152. The van der Waals surface area contributed by atoms with Crippen molar-refractivity contribution in [2.75, 3.05) is 6.61 Å². The smallest absolute Gasteiger partial charge is 0.347 e. The number of carboxylic acids is 1. The molecule has 4 heteroatoms. The van der Waals surface area contributed by atoms with E-state index in [1.807, 2.05) is 6.92 Å². The van der Waals surface area contributed by atoms with Gasteiger partial charge < -0.3 is 14.6 Å². The molecule has 1 aromatic carbocycles. The number of carbonyl (C=O) groups is 1. The summed E-state index contributed by atoms with van der Waals surface area (Å²) in [5.74, 6) is 0.147. The normalized spacial score (nSPS) is 10.9. The van der Waals surface area contributed by atoms with Crippen LogP contribution in [0.1, 0.15) is 20.8 Å². The SMILES string of the molecule is CCOc1cccc(OC(C)(C)C(=O)O)c1. The Morgan fingerprint density at radius 1 is 1.38 bits per heavy atom. The third-order valence-corrected chi connectivity index (χ3v) is 2.00. The quantitative estimate of drug-likeness (QED) is 0.834. The first-order valence-electron chi connectivity index (χ1n) is 5.11. The summed E-state index contributed by atoms with van der Waals surface area (Å²) in [7, 11) is 0. The molecule has 1 rings (SSSR count). The Bertz CT molecular complexity index is 371. The van der Waals surface area contributed by atoms with Crippen molar-refractivity contribution in [2.45, 2.75) is 26.4 Å². The number of aliphatic carboxylic acids is 1. The molecule has 0 aromatic heterocycles. The third-order valence-electron chi connectivity index (χ3n) is 2.00.